The Bertz CT molecular complexity index is 415. The summed E-state index contributed by atoms with van der Waals surface area (Å²) in [6.45, 7) is 11.8. The lowest BCUT2D eigenvalue weighted by Crippen LogP contribution is -2.42. The van der Waals surface area contributed by atoms with Gasteiger partial charge < -0.3 is 5.32 Å². The second-order valence-corrected chi connectivity index (χ2v) is 8.24. The van der Waals surface area contributed by atoms with Crippen LogP contribution >= 0.6 is 0 Å². The molecule has 0 amide bonds. The molecule has 2 rings (SSSR count). The molecular formula is C20H33N. The second-order valence-electron chi connectivity index (χ2n) is 8.24. The third kappa shape index (κ3) is 4.57. The van der Waals surface area contributed by atoms with Gasteiger partial charge in [0.25, 0.3) is 0 Å². The van der Waals surface area contributed by atoms with Crippen molar-refractivity contribution >= 4 is 0 Å². The summed E-state index contributed by atoms with van der Waals surface area (Å²) >= 11 is 0. The molecule has 1 aliphatic rings. The van der Waals surface area contributed by atoms with Crippen molar-refractivity contribution in [1.29, 1.82) is 0 Å². The van der Waals surface area contributed by atoms with Crippen LogP contribution in [0.5, 0.6) is 0 Å². The summed E-state index contributed by atoms with van der Waals surface area (Å²) in [5.41, 5.74) is 1.67. The molecule has 1 fully saturated rings. The van der Waals surface area contributed by atoms with Gasteiger partial charge in [0.15, 0.2) is 0 Å². The van der Waals surface area contributed by atoms with Gasteiger partial charge in [-0.3, -0.25) is 0 Å². The minimum Gasteiger partial charge on any atom is -0.307 e. The first-order valence-corrected chi connectivity index (χ1v) is 8.69. The standard InChI is InChI=1S/C20H33N/c1-15(2)17-12-9-13-18(14-17)21-19(20(3,4)5)16-10-7-6-8-11-16/h6-8,10-11,15,17-19,21H,9,12-14H2,1-5H3. The summed E-state index contributed by atoms with van der Waals surface area (Å²) in [4.78, 5) is 0. The van der Waals surface area contributed by atoms with E-state index in [1.54, 1.807) is 0 Å². The van der Waals surface area contributed by atoms with E-state index in [-0.39, 0.29) is 5.41 Å². The van der Waals surface area contributed by atoms with Crippen molar-refractivity contribution in [3.05, 3.63) is 35.9 Å². The summed E-state index contributed by atoms with van der Waals surface area (Å²) in [5, 5.41) is 4.00. The molecule has 118 valence electrons. The van der Waals surface area contributed by atoms with Gasteiger partial charge in [0, 0.05) is 12.1 Å². The normalized spacial score (nSPS) is 25.0. The number of benzene rings is 1. The average Bonchev–Trinajstić information content (AvgIpc) is 2.45. The summed E-state index contributed by atoms with van der Waals surface area (Å²) in [5.74, 6) is 1.71. The van der Waals surface area contributed by atoms with Crippen LogP contribution in [-0.4, -0.2) is 6.04 Å². The Morgan fingerprint density at radius 3 is 2.29 bits per heavy atom. The maximum atomic E-state index is 4.00. The number of nitrogens with one attached hydrogen (secondary N) is 1. The van der Waals surface area contributed by atoms with Gasteiger partial charge in [-0.05, 0) is 35.7 Å². The maximum Gasteiger partial charge on any atom is 0.0371 e. The van der Waals surface area contributed by atoms with Crippen LogP contribution < -0.4 is 5.32 Å². The van der Waals surface area contributed by atoms with E-state index in [2.05, 4.69) is 70.3 Å². The lowest BCUT2D eigenvalue weighted by Gasteiger charge is -2.39. The van der Waals surface area contributed by atoms with E-state index in [1.807, 2.05) is 0 Å². The van der Waals surface area contributed by atoms with Crippen LogP contribution in [0.2, 0.25) is 0 Å². The Hall–Kier alpha value is -0.820. The van der Waals surface area contributed by atoms with Crippen molar-refractivity contribution < 1.29 is 0 Å². The quantitative estimate of drug-likeness (QED) is 0.762. The number of hydrogen-bond acceptors (Lipinski definition) is 1. The first-order chi connectivity index (χ1) is 9.88. The van der Waals surface area contributed by atoms with E-state index < -0.39 is 0 Å². The van der Waals surface area contributed by atoms with Crippen molar-refractivity contribution in [3.8, 4) is 0 Å². The Morgan fingerprint density at radius 2 is 1.71 bits per heavy atom. The predicted molar refractivity (Wildman–Crippen MR) is 92.4 cm³/mol. The van der Waals surface area contributed by atoms with Crippen LogP contribution in [-0.2, 0) is 0 Å². The SMILES string of the molecule is CC(C)C1CCCC(NC(c2ccccc2)C(C)(C)C)C1. The molecule has 0 bridgehead atoms. The molecule has 0 radical (unpaired) electrons. The van der Waals surface area contributed by atoms with E-state index >= 15 is 0 Å². The molecule has 0 saturated heterocycles. The van der Waals surface area contributed by atoms with Gasteiger partial charge in [0.1, 0.15) is 0 Å². The lowest BCUT2D eigenvalue weighted by molar-refractivity contribution is 0.182. The van der Waals surface area contributed by atoms with Crippen LogP contribution in [0.1, 0.15) is 71.9 Å². The molecule has 1 nitrogen and oxygen atoms in total. The van der Waals surface area contributed by atoms with Gasteiger partial charge in [-0.15, -0.1) is 0 Å². The number of rotatable bonds is 4. The molecule has 1 saturated carbocycles. The number of hydrogen-bond donors (Lipinski definition) is 1. The molecule has 3 unspecified atom stereocenters. The zero-order valence-electron chi connectivity index (χ0n) is 14.5. The molecule has 1 aliphatic carbocycles. The van der Waals surface area contributed by atoms with Crippen LogP contribution in [0.3, 0.4) is 0 Å². The lowest BCUT2D eigenvalue weighted by atomic mass is 9.77. The third-order valence-electron chi connectivity index (χ3n) is 5.06. The van der Waals surface area contributed by atoms with Crippen molar-refractivity contribution in [3.63, 3.8) is 0 Å². The summed E-state index contributed by atoms with van der Waals surface area (Å²) < 4.78 is 0. The zero-order chi connectivity index (χ0) is 15.5. The van der Waals surface area contributed by atoms with Gasteiger partial charge in [-0.2, -0.15) is 0 Å². The van der Waals surface area contributed by atoms with Crippen LogP contribution in [0.25, 0.3) is 0 Å². The van der Waals surface area contributed by atoms with Gasteiger partial charge in [0.2, 0.25) is 0 Å². The molecule has 1 aromatic carbocycles. The van der Waals surface area contributed by atoms with E-state index in [0.717, 1.165) is 11.8 Å². The highest BCUT2D eigenvalue weighted by atomic mass is 15.0. The molecular weight excluding hydrogens is 254 g/mol. The highest BCUT2D eigenvalue weighted by Crippen LogP contribution is 2.36. The first kappa shape index (κ1) is 16.5. The molecule has 0 aliphatic heterocycles. The average molecular weight is 287 g/mol. The summed E-state index contributed by atoms with van der Waals surface area (Å²) in [6, 6.07) is 12.1. The van der Waals surface area contributed by atoms with E-state index in [1.165, 1.54) is 31.2 Å². The fourth-order valence-electron chi connectivity index (χ4n) is 3.71. The van der Waals surface area contributed by atoms with E-state index in [4.69, 9.17) is 0 Å². The molecule has 0 aromatic heterocycles. The molecule has 3 atom stereocenters. The molecule has 1 heteroatoms. The fraction of sp³-hybridized carbons (Fsp3) is 0.700. The minimum absolute atomic E-state index is 0.242. The predicted octanol–water partition coefficient (Wildman–Crippen LogP) is 5.58. The smallest absolute Gasteiger partial charge is 0.0371 e. The zero-order valence-corrected chi connectivity index (χ0v) is 14.5. The van der Waals surface area contributed by atoms with Crippen LogP contribution in [0.4, 0.5) is 0 Å². The summed E-state index contributed by atoms with van der Waals surface area (Å²) in [7, 11) is 0. The Morgan fingerprint density at radius 1 is 1.05 bits per heavy atom. The van der Waals surface area contributed by atoms with Crippen molar-refractivity contribution in [2.75, 3.05) is 0 Å². The highest BCUT2D eigenvalue weighted by molar-refractivity contribution is 5.21. The molecule has 21 heavy (non-hydrogen) atoms. The Labute approximate surface area is 131 Å². The molecule has 0 spiro atoms. The summed E-state index contributed by atoms with van der Waals surface area (Å²) in [6.07, 6.45) is 5.48. The van der Waals surface area contributed by atoms with Gasteiger partial charge >= 0.3 is 0 Å². The van der Waals surface area contributed by atoms with Crippen molar-refractivity contribution in [2.45, 2.75) is 72.4 Å². The van der Waals surface area contributed by atoms with Crippen molar-refractivity contribution in [2.24, 2.45) is 17.3 Å². The highest BCUT2D eigenvalue weighted by Gasteiger charge is 2.31. The molecule has 0 heterocycles. The monoisotopic (exact) mass is 287 g/mol. The topological polar surface area (TPSA) is 12.0 Å². The molecule has 1 aromatic rings. The first-order valence-electron chi connectivity index (χ1n) is 8.69. The van der Waals surface area contributed by atoms with E-state index in [9.17, 15) is 0 Å². The minimum atomic E-state index is 0.242. The van der Waals surface area contributed by atoms with Gasteiger partial charge in [-0.1, -0.05) is 77.8 Å². The van der Waals surface area contributed by atoms with Gasteiger partial charge in [-0.25, -0.2) is 0 Å². The largest absolute Gasteiger partial charge is 0.307 e. The third-order valence-corrected chi connectivity index (χ3v) is 5.06. The second kappa shape index (κ2) is 6.96. The van der Waals surface area contributed by atoms with Gasteiger partial charge in [0.05, 0.1) is 0 Å². The Kier molecular flexibility index (Phi) is 5.48. The van der Waals surface area contributed by atoms with Crippen molar-refractivity contribution in [1.82, 2.24) is 5.32 Å². The van der Waals surface area contributed by atoms with E-state index in [0.29, 0.717) is 12.1 Å². The molecule has 1 N–H and O–H groups in total. The maximum absolute atomic E-state index is 4.00. The fourth-order valence-corrected chi connectivity index (χ4v) is 3.71. The van der Waals surface area contributed by atoms with Crippen LogP contribution in [0, 0.1) is 17.3 Å². The van der Waals surface area contributed by atoms with Crippen LogP contribution in [0.15, 0.2) is 30.3 Å². The Balaban J connectivity index is 2.09.